The minimum absolute atomic E-state index is 0.334. The Labute approximate surface area is 195 Å². The van der Waals surface area contributed by atoms with Gasteiger partial charge in [0.15, 0.2) is 5.65 Å². The van der Waals surface area contributed by atoms with Gasteiger partial charge in [0, 0.05) is 67.9 Å². The van der Waals surface area contributed by atoms with Crippen molar-refractivity contribution < 1.29 is 0 Å². The lowest BCUT2D eigenvalue weighted by Crippen LogP contribution is -2.40. The minimum atomic E-state index is 0.334. The van der Waals surface area contributed by atoms with E-state index >= 15 is 0 Å². The van der Waals surface area contributed by atoms with Crippen molar-refractivity contribution in [3.8, 4) is 0 Å². The Bertz CT molecular complexity index is 1090. The highest BCUT2D eigenvalue weighted by molar-refractivity contribution is 5.71. The summed E-state index contributed by atoms with van der Waals surface area (Å²) in [6, 6.07) is 4.51. The maximum Gasteiger partial charge on any atom is 0.219 e. The first-order valence-corrected chi connectivity index (χ1v) is 12.2. The number of aromatic nitrogens is 5. The first kappa shape index (κ1) is 21.8. The molecule has 2 fully saturated rings. The molecule has 2 N–H and O–H groups in total. The molecule has 3 aromatic heterocycles. The van der Waals surface area contributed by atoms with Gasteiger partial charge in [-0.1, -0.05) is 13.5 Å². The second-order valence-electron chi connectivity index (χ2n) is 9.31. The monoisotopic (exact) mass is 446 g/mol. The molecular formula is C25H34N8. The number of nitrogen functional groups attached to an aromatic ring is 1. The molecule has 0 aliphatic carbocycles. The van der Waals surface area contributed by atoms with Crippen LogP contribution in [0.25, 0.3) is 11.2 Å². The van der Waals surface area contributed by atoms with Crippen LogP contribution in [0.1, 0.15) is 50.0 Å². The molecular weight excluding hydrogens is 412 g/mol. The number of rotatable bonds is 6. The van der Waals surface area contributed by atoms with E-state index in [1.165, 1.54) is 5.70 Å². The Kier molecular flexibility index (Phi) is 6.26. The summed E-state index contributed by atoms with van der Waals surface area (Å²) in [4.78, 5) is 22.7. The van der Waals surface area contributed by atoms with Crippen LogP contribution in [0.3, 0.4) is 0 Å². The fourth-order valence-corrected chi connectivity index (χ4v) is 5.41. The minimum Gasteiger partial charge on any atom is -0.375 e. The maximum atomic E-state index is 5.60. The summed E-state index contributed by atoms with van der Waals surface area (Å²) in [7, 11) is 0. The molecule has 2 saturated heterocycles. The SMILES string of the molecule is C=C(C1CCN(Cc2cnc(N)nc2)CC1)N1CCC(n2c(CC)nc3cccnc32)CC1. The van der Waals surface area contributed by atoms with E-state index in [1.54, 1.807) is 0 Å². The molecule has 0 radical (unpaired) electrons. The zero-order valence-electron chi connectivity index (χ0n) is 19.5. The standard InChI is InChI=1S/C25H34N8/c1-3-23-30-22-5-4-10-27-24(22)33(23)21-8-13-32(14-9-21)18(2)20-6-11-31(12-7-20)17-19-15-28-25(26)29-16-19/h4-5,10,15-16,20-21H,2-3,6-9,11-14,17H2,1H3,(H2,26,28,29). The van der Waals surface area contributed by atoms with E-state index in [4.69, 9.17) is 10.7 Å². The van der Waals surface area contributed by atoms with Crippen molar-refractivity contribution in [2.45, 2.75) is 51.6 Å². The molecule has 2 aliphatic rings. The molecule has 174 valence electrons. The number of aryl methyl sites for hydroxylation is 1. The summed E-state index contributed by atoms with van der Waals surface area (Å²) in [5.41, 5.74) is 10.1. The third kappa shape index (κ3) is 4.57. The van der Waals surface area contributed by atoms with Gasteiger partial charge in [-0.3, -0.25) is 4.90 Å². The summed E-state index contributed by atoms with van der Waals surface area (Å²) in [6.07, 6.45) is 11.0. The summed E-state index contributed by atoms with van der Waals surface area (Å²) < 4.78 is 2.40. The van der Waals surface area contributed by atoms with Crippen LogP contribution in [0.2, 0.25) is 0 Å². The molecule has 0 amide bonds. The lowest BCUT2D eigenvalue weighted by atomic mass is 9.91. The number of likely N-dealkylation sites (tertiary alicyclic amines) is 2. The van der Waals surface area contributed by atoms with E-state index in [-0.39, 0.29) is 0 Å². The van der Waals surface area contributed by atoms with Crippen molar-refractivity contribution in [2.75, 3.05) is 31.9 Å². The van der Waals surface area contributed by atoms with E-state index in [0.29, 0.717) is 17.9 Å². The number of nitrogens with two attached hydrogens (primary N) is 1. The Morgan fingerprint density at radius 3 is 2.48 bits per heavy atom. The van der Waals surface area contributed by atoms with E-state index < -0.39 is 0 Å². The second kappa shape index (κ2) is 9.47. The first-order chi connectivity index (χ1) is 16.1. The smallest absolute Gasteiger partial charge is 0.219 e. The van der Waals surface area contributed by atoms with Crippen LogP contribution < -0.4 is 5.73 Å². The van der Waals surface area contributed by atoms with Gasteiger partial charge in [-0.15, -0.1) is 0 Å². The average molecular weight is 447 g/mol. The quantitative estimate of drug-likeness (QED) is 0.620. The fourth-order valence-electron chi connectivity index (χ4n) is 5.41. The van der Waals surface area contributed by atoms with Crippen molar-refractivity contribution in [3.63, 3.8) is 0 Å². The molecule has 33 heavy (non-hydrogen) atoms. The number of allylic oxidation sites excluding steroid dienone is 1. The van der Waals surface area contributed by atoms with Gasteiger partial charge in [-0.2, -0.15) is 0 Å². The van der Waals surface area contributed by atoms with Gasteiger partial charge in [-0.05, 0) is 50.9 Å². The van der Waals surface area contributed by atoms with Gasteiger partial charge in [0.25, 0.3) is 0 Å². The third-order valence-electron chi connectivity index (χ3n) is 7.26. The van der Waals surface area contributed by atoms with Crippen molar-refractivity contribution in [2.24, 2.45) is 5.92 Å². The normalized spacial score (nSPS) is 18.8. The van der Waals surface area contributed by atoms with Crippen LogP contribution in [0.4, 0.5) is 5.95 Å². The molecule has 0 saturated carbocycles. The molecule has 8 heteroatoms. The highest BCUT2D eigenvalue weighted by Crippen LogP contribution is 2.33. The van der Waals surface area contributed by atoms with Gasteiger partial charge in [-0.25, -0.2) is 19.9 Å². The number of hydrogen-bond acceptors (Lipinski definition) is 7. The molecule has 3 aromatic rings. The third-order valence-corrected chi connectivity index (χ3v) is 7.26. The molecule has 0 unspecified atom stereocenters. The van der Waals surface area contributed by atoms with E-state index in [9.17, 15) is 0 Å². The number of fused-ring (bicyclic) bond motifs is 1. The van der Waals surface area contributed by atoms with Crippen LogP contribution in [-0.2, 0) is 13.0 Å². The van der Waals surface area contributed by atoms with Gasteiger partial charge in [0.2, 0.25) is 5.95 Å². The molecule has 0 spiro atoms. The van der Waals surface area contributed by atoms with Gasteiger partial charge < -0.3 is 15.2 Å². The van der Waals surface area contributed by atoms with E-state index in [0.717, 1.165) is 87.4 Å². The molecule has 5 heterocycles. The van der Waals surface area contributed by atoms with Crippen LogP contribution in [0.15, 0.2) is 43.0 Å². The van der Waals surface area contributed by atoms with Crippen LogP contribution in [0.5, 0.6) is 0 Å². The molecule has 5 rings (SSSR count). The predicted molar refractivity (Wildman–Crippen MR) is 130 cm³/mol. The van der Waals surface area contributed by atoms with Crippen LogP contribution in [-0.4, -0.2) is 60.5 Å². The summed E-state index contributed by atoms with van der Waals surface area (Å²) in [5, 5.41) is 0. The largest absolute Gasteiger partial charge is 0.375 e. The number of imidazole rings is 1. The fraction of sp³-hybridized carbons (Fsp3) is 0.520. The first-order valence-electron chi connectivity index (χ1n) is 12.2. The zero-order valence-corrected chi connectivity index (χ0v) is 19.5. The van der Waals surface area contributed by atoms with Crippen molar-refractivity contribution in [1.82, 2.24) is 34.3 Å². The number of piperidine rings is 2. The second-order valence-corrected chi connectivity index (χ2v) is 9.31. The number of pyridine rings is 1. The predicted octanol–water partition coefficient (Wildman–Crippen LogP) is 3.43. The zero-order chi connectivity index (χ0) is 22.8. The van der Waals surface area contributed by atoms with Crippen molar-refractivity contribution in [1.29, 1.82) is 0 Å². The number of anilines is 1. The molecule has 0 bridgehead atoms. The van der Waals surface area contributed by atoms with Crippen LogP contribution in [0, 0.1) is 5.92 Å². The summed E-state index contributed by atoms with van der Waals surface area (Å²) >= 11 is 0. The molecule has 8 nitrogen and oxygen atoms in total. The molecule has 2 aliphatic heterocycles. The topological polar surface area (TPSA) is 89.0 Å². The van der Waals surface area contributed by atoms with Crippen LogP contribution >= 0.6 is 0 Å². The number of hydrogen-bond donors (Lipinski definition) is 1. The maximum absolute atomic E-state index is 5.60. The van der Waals surface area contributed by atoms with Gasteiger partial charge in [0.05, 0.1) is 0 Å². The summed E-state index contributed by atoms with van der Waals surface area (Å²) in [6.45, 7) is 11.9. The molecule has 0 aromatic carbocycles. The highest BCUT2D eigenvalue weighted by Gasteiger charge is 2.29. The van der Waals surface area contributed by atoms with Crippen molar-refractivity contribution in [3.05, 3.63) is 54.4 Å². The Morgan fingerprint density at radius 2 is 1.79 bits per heavy atom. The molecule has 0 atom stereocenters. The van der Waals surface area contributed by atoms with Gasteiger partial charge >= 0.3 is 0 Å². The lowest BCUT2D eigenvalue weighted by molar-refractivity contribution is 0.154. The van der Waals surface area contributed by atoms with Crippen molar-refractivity contribution >= 4 is 17.1 Å². The Morgan fingerprint density at radius 1 is 1.06 bits per heavy atom. The average Bonchev–Trinajstić information content (AvgIpc) is 3.24. The Hall–Kier alpha value is -3.00. The highest BCUT2D eigenvalue weighted by atomic mass is 15.2. The van der Waals surface area contributed by atoms with E-state index in [2.05, 4.69) is 48.9 Å². The Balaban J connectivity index is 1.15. The van der Waals surface area contributed by atoms with Gasteiger partial charge in [0.1, 0.15) is 11.3 Å². The van der Waals surface area contributed by atoms with E-state index in [1.807, 2.05) is 24.7 Å². The number of nitrogens with zero attached hydrogens (tertiary/aromatic N) is 7. The lowest BCUT2D eigenvalue weighted by Gasteiger charge is -2.40. The summed E-state index contributed by atoms with van der Waals surface area (Å²) in [5.74, 6) is 2.06.